The average Bonchev–Trinajstić information content (AvgIpc) is 2.87. The minimum Gasteiger partial charge on any atom is -0.310 e. The summed E-state index contributed by atoms with van der Waals surface area (Å²) >= 11 is 0. The predicted octanol–water partition coefficient (Wildman–Crippen LogP) is 4.74. The molecule has 0 aliphatic heterocycles. The molecule has 2 aliphatic carbocycles. The lowest BCUT2D eigenvalue weighted by Crippen LogP contribution is -2.42. The lowest BCUT2D eigenvalue weighted by Gasteiger charge is -2.34. The van der Waals surface area contributed by atoms with Gasteiger partial charge in [-0.05, 0) is 12.5 Å². The highest BCUT2D eigenvalue weighted by atomic mass is 19.3. The van der Waals surface area contributed by atoms with Crippen LogP contribution in [0.15, 0.2) is 30.3 Å². The number of anilines is 1. The summed E-state index contributed by atoms with van der Waals surface area (Å²) in [5, 5.41) is 7.22. The maximum Gasteiger partial charge on any atom is 0.249 e. The van der Waals surface area contributed by atoms with E-state index in [-0.39, 0.29) is 18.8 Å². The standard InChI is InChI=1S/C20H21F4N3O/c1-12-16(14-7-19(21,22)8-14)26-27(11-13-5-3-2-4-6-13)17(12)25-18(28)15-9-20(23,24)10-15/h2-6,14-15H,7-11H2,1H3,(H,25,28). The van der Waals surface area contributed by atoms with Gasteiger partial charge >= 0.3 is 0 Å². The molecule has 0 atom stereocenters. The van der Waals surface area contributed by atoms with Crippen molar-refractivity contribution in [2.75, 3.05) is 5.32 Å². The molecular weight excluding hydrogens is 374 g/mol. The van der Waals surface area contributed by atoms with Crippen LogP contribution in [0.4, 0.5) is 23.4 Å². The van der Waals surface area contributed by atoms with E-state index >= 15 is 0 Å². The Hall–Kier alpha value is -2.38. The van der Waals surface area contributed by atoms with Gasteiger partial charge in [-0.2, -0.15) is 5.10 Å². The van der Waals surface area contributed by atoms with Crippen LogP contribution in [-0.2, 0) is 11.3 Å². The second kappa shape index (κ2) is 6.60. The minimum atomic E-state index is -2.79. The lowest BCUT2D eigenvalue weighted by atomic mass is 9.78. The molecule has 1 N–H and O–H groups in total. The van der Waals surface area contributed by atoms with Crippen LogP contribution in [-0.4, -0.2) is 27.5 Å². The Balaban J connectivity index is 1.59. The molecule has 0 radical (unpaired) electrons. The molecule has 4 nitrogen and oxygen atoms in total. The monoisotopic (exact) mass is 395 g/mol. The molecule has 1 aromatic carbocycles. The van der Waals surface area contributed by atoms with E-state index in [1.807, 2.05) is 30.3 Å². The summed E-state index contributed by atoms with van der Waals surface area (Å²) in [7, 11) is 0. The second-order valence-corrected chi connectivity index (χ2v) is 7.91. The third-order valence-corrected chi connectivity index (χ3v) is 5.58. The highest BCUT2D eigenvalue weighted by Gasteiger charge is 2.50. The number of halogens is 4. The van der Waals surface area contributed by atoms with Gasteiger partial charge in [0.2, 0.25) is 17.8 Å². The zero-order valence-corrected chi connectivity index (χ0v) is 15.4. The summed E-state index contributed by atoms with van der Waals surface area (Å²) in [6.45, 7) is 2.08. The van der Waals surface area contributed by atoms with Gasteiger partial charge in [0, 0.05) is 43.1 Å². The number of nitrogens with zero attached hydrogens (tertiary/aromatic N) is 2. The number of nitrogens with one attached hydrogen (secondary N) is 1. The van der Waals surface area contributed by atoms with Crippen molar-refractivity contribution in [3.05, 3.63) is 47.2 Å². The summed E-state index contributed by atoms with van der Waals surface area (Å²) in [6, 6.07) is 9.40. The first-order valence-corrected chi connectivity index (χ1v) is 9.31. The van der Waals surface area contributed by atoms with Crippen molar-refractivity contribution in [2.45, 2.75) is 56.9 Å². The first kappa shape index (κ1) is 19.0. The van der Waals surface area contributed by atoms with Gasteiger partial charge < -0.3 is 5.32 Å². The van der Waals surface area contributed by atoms with Crippen molar-refractivity contribution in [3.63, 3.8) is 0 Å². The molecular formula is C20H21F4N3O. The Kier molecular flexibility index (Phi) is 4.47. The number of aromatic nitrogens is 2. The highest BCUT2D eigenvalue weighted by molar-refractivity contribution is 5.93. The van der Waals surface area contributed by atoms with Crippen LogP contribution in [0.1, 0.15) is 48.4 Å². The smallest absolute Gasteiger partial charge is 0.249 e. The van der Waals surface area contributed by atoms with Crippen molar-refractivity contribution in [3.8, 4) is 0 Å². The van der Waals surface area contributed by atoms with Crippen LogP contribution < -0.4 is 5.32 Å². The molecule has 4 rings (SSSR count). The molecule has 28 heavy (non-hydrogen) atoms. The first-order valence-electron chi connectivity index (χ1n) is 9.31. The third kappa shape index (κ3) is 3.64. The predicted molar refractivity (Wildman–Crippen MR) is 95.7 cm³/mol. The van der Waals surface area contributed by atoms with E-state index in [0.29, 0.717) is 23.6 Å². The normalized spacial score (nSPS) is 21.0. The molecule has 0 bridgehead atoms. The van der Waals surface area contributed by atoms with Gasteiger partial charge in [0.1, 0.15) is 5.82 Å². The summed E-state index contributed by atoms with van der Waals surface area (Å²) in [6.07, 6.45) is -1.46. The van der Waals surface area contributed by atoms with Gasteiger partial charge in [-0.25, -0.2) is 22.2 Å². The fourth-order valence-electron chi connectivity index (χ4n) is 3.91. The van der Waals surface area contributed by atoms with E-state index in [9.17, 15) is 22.4 Å². The zero-order chi connectivity index (χ0) is 20.1. The number of hydrogen-bond acceptors (Lipinski definition) is 2. The quantitative estimate of drug-likeness (QED) is 0.744. The SMILES string of the molecule is Cc1c(C2CC(F)(F)C2)nn(Cc2ccccc2)c1NC(=O)C1CC(F)(F)C1. The van der Waals surface area contributed by atoms with E-state index in [4.69, 9.17) is 0 Å². The van der Waals surface area contributed by atoms with Crippen molar-refractivity contribution in [1.82, 2.24) is 9.78 Å². The van der Waals surface area contributed by atoms with Crippen molar-refractivity contribution in [1.29, 1.82) is 0 Å². The van der Waals surface area contributed by atoms with Gasteiger partial charge in [0.15, 0.2) is 0 Å². The molecule has 1 amide bonds. The Morgan fingerprint density at radius 1 is 1.11 bits per heavy atom. The fourth-order valence-corrected chi connectivity index (χ4v) is 3.91. The average molecular weight is 395 g/mol. The van der Waals surface area contributed by atoms with E-state index in [2.05, 4.69) is 10.4 Å². The Morgan fingerprint density at radius 3 is 2.29 bits per heavy atom. The second-order valence-electron chi connectivity index (χ2n) is 7.91. The van der Waals surface area contributed by atoms with Crippen LogP contribution in [0.25, 0.3) is 0 Å². The zero-order valence-electron chi connectivity index (χ0n) is 15.4. The topological polar surface area (TPSA) is 46.9 Å². The molecule has 2 aliphatic rings. The molecule has 8 heteroatoms. The minimum absolute atomic E-state index is 0.265. The van der Waals surface area contributed by atoms with Gasteiger partial charge in [0.25, 0.3) is 0 Å². The molecule has 2 aromatic rings. The van der Waals surface area contributed by atoms with Crippen molar-refractivity contribution < 1.29 is 22.4 Å². The number of carbonyl (C=O) groups excluding carboxylic acids is 1. The number of hydrogen-bond donors (Lipinski definition) is 1. The third-order valence-electron chi connectivity index (χ3n) is 5.58. The summed E-state index contributed by atoms with van der Waals surface area (Å²) in [5.74, 6) is -6.66. The maximum absolute atomic E-state index is 13.3. The van der Waals surface area contributed by atoms with Gasteiger partial charge in [0.05, 0.1) is 12.2 Å². The largest absolute Gasteiger partial charge is 0.310 e. The highest BCUT2D eigenvalue weighted by Crippen LogP contribution is 2.49. The Bertz CT molecular complexity index is 878. The van der Waals surface area contributed by atoms with Crippen molar-refractivity contribution in [2.24, 2.45) is 5.92 Å². The fraction of sp³-hybridized carbons (Fsp3) is 0.500. The number of carbonyl (C=O) groups is 1. The van der Waals surface area contributed by atoms with Gasteiger partial charge in [-0.3, -0.25) is 4.79 Å². The molecule has 0 spiro atoms. The molecule has 0 unspecified atom stereocenters. The van der Waals surface area contributed by atoms with E-state index in [1.54, 1.807) is 11.6 Å². The molecule has 1 aromatic heterocycles. The van der Waals surface area contributed by atoms with Crippen LogP contribution in [0.3, 0.4) is 0 Å². The van der Waals surface area contributed by atoms with E-state index in [0.717, 1.165) is 5.56 Å². The van der Waals surface area contributed by atoms with E-state index in [1.165, 1.54) is 0 Å². The Labute approximate surface area is 159 Å². The molecule has 150 valence electrons. The summed E-state index contributed by atoms with van der Waals surface area (Å²) in [4.78, 5) is 12.4. The Morgan fingerprint density at radius 2 is 1.71 bits per heavy atom. The van der Waals surface area contributed by atoms with Crippen LogP contribution >= 0.6 is 0 Å². The van der Waals surface area contributed by atoms with Crippen molar-refractivity contribution >= 4 is 11.7 Å². The van der Waals surface area contributed by atoms with E-state index < -0.39 is 36.5 Å². The molecule has 1 heterocycles. The van der Waals surface area contributed by atoms with Gasteiger partial charge in [-0.15, -0.1) is 0 Å². The summed E-state index contributed by atoms with van der Waals surface area (Å²) in [5.41, 5.74) is 2.09. The van der Waals surface area contributed by atoms with Gasteiger partial charge in [-0.1, -0.05) is 30.3 Å². The number of benzene rings is 1. The van der Waals surface area contributed by atoms with Crippen LogP contribution in [0, 0.1) is 12.8 Å². The lowest BCUT2D eigenvalue weighted by molar-refractivity contribution is -0.145. The number of alkyl halides is 4. The number of rotatable bonds is 5. The van der Waals surface area contributed by atoms with Crippen LogP contribution in [0.2, 0.25) is 0 Å². The summed E-state index contributed by atoms with van der Waals surface area (Å²) < 4.78 is 54.4. The number of amides is 1. The molecule has 0 saturated heterocycles. The maximum atomic E-state index is 13.3. The molecule has 2 fully saturated rings. The first-order chi connectivity index (χ1) is 13.1. The van der Waals surface area contributed by atoms with Crippen LogP contribution in [0.5, 0.6) is 0 Å². The molecule has 2 saturated carbocycles.